The number of nitrogens with zero attached hydrogens (tertiary/aromatic N) is 2. The monoisotopic (exact) mass is 322 g/mol. The Labute approximate surface area is 127 Å². The van der Waals surface area contributed by atoms with Crippen LogP contribution in [0.1, 0.15) is 49.4 Å². The lowest BCUT2D eigenvalue weighted by atomic mass is 10.1. The summed E-state index contributed by atoms with van der Waals surface area (Å²) in [5.74, 6) is 0.577. The first-order valence-corrected chi connectivity index (χ1v) is 6.91. The van der Waals surface area contributed by atoms with Gasteiger partial charge in [-0.1, -0.05) is 0 Å². The highest BCUT2D eigenvalue weighted by Gasteiger charge is 2.37. The van der Waals surface area contributed by atoms with Crippen molar-refractivity contribution >= 4 is 18.2 Å². The number of halogens is 4. The minimum absolute atomic E-state index is 0. The Morgan fingerprint density at radius 1 is 1.19 bits per heavy atom. The molecule has 0 aromatic carbocycles. The van der Waals surface area contributed by atoms with Crippen LogP contribution >= 0.6 is 12.4 Å². The number of hydrogen-bond acceptors (Lipinski definition) is 4. The lowest BCUT2D eigenvalue weighted by molar-refractivity contribution is -0.141. The van der Waals surface area contributed by atoms with Gasteiger partial charge in [0, 0.05) is 18.0 Å². The van der Waals surface area contributed by atoms with Crippen molar-refractivity contribution in [2.75, 3.05) is 5.32 Å². The molecule has 2 atom stereocenters. The Balaban J connectivity index is 0.00000161. The van der Waals surface area contributed by atoms with Gasteiger partial charge in [0.15, 0.2) is 5.69 Å². The summed E-state index contributed by atoms with van der Waals surface area (Å²) in [6, 6.07) is 0.115. The first kappa shape index (κ1) is 16.3. The van der Waals surface area contributed by atoms with Crippen LogP contribution in [0.5, 0.6) is 0 Å². The lowest BCUT2D eigenvalue weighted by Crippen LogP contribution is -2.36. The topological polar surface area (TPSA) is 63.8 Å². The molecule has 0 aliphatic heterocycles. The second kappa shape index (κ2) is 5.96. The first-order chi connectivity index (χ1) is 9.45. The molecule has 2 aliphatic carbocycles. The fourth-order valence-electron chi connectivity index (χ4n) is 2.64. The van der Waals surface area contributed by atoms with Gasteiger partial charge in [-0.25, -0.2) is 9.97 Å². The summed E-state index contributed by atoms with van der Waals surface area (Å²) in [4.78, 5) is 7.74. The number of nitrogens with one attached hydrogen (secondary N) is 1. The second-order valence-electron chi connectivity index (χ2n) is 5.61. The zero-order chi connectivity index (χ0) is 14.3. The summed E-state index contributed by atoms with van der Waals surface area (Å²) in [6.45, 7) is 0. The Bertz CT molecular complexity index is 505. The van der Waals surface area contributed by atoms with Crippen LogP contribution in [0.15, 0.2) is 6.20 Å². The number of nitrogens with two attached hydrogens (primary N) is 1. The molecular formula is C13H18ClF3N4. The molecule has 0 radical (unpaired) electrons. The van der Waals surface area contributed by atoms with E-state index in [-0.39, 0.29) is 30.4 Å². The van der Waals surface area contributed by atoms with Crippen LogP contribution in [0.25, 0.3) is 0 Å². The molecule has 2 saturated carbocycles. The number of aromatic nitrogens is 2. The van der Waals surface area contributed by atoms with Gasteiger partial charge < -0.3 is 11.1 Å². The predicted octanol–water partition coefficient (Wildman–Crippen LogP) is 3.09. The van der Waals surface area contributed by atoms with Crippen molar-refractivity contribution in [1.29, 1.82) is 0 Å². The number of anilines is 1. The van der Waals surface area contributed by atoms with Gasteiger partial charge in [0.25, 0.3) is 0 Å². The van der Waals surface area contributed by atoms with E-state index >= 15 is 0 Å². The maximum atomic E-state index is 12.7. The van der Waals surface area contributed by atoms with Crippen LogP contribution in [0, 0.1) is 0 Å². The molecule has 21 heavy (non-hydrogen) atoms. The van der Waals surface area contributed by atoms with E-state index < -0.39 is 11.9 Å². The van der Waals surface area contributed by atoms with Crippen LogP contribution in [0.3, 0.4) is 0 Å². The van der Waals surface area contributed by atoms with Gasteiger partial charge >= 0.3 is 6.18 Å². The Hall–Kier alpha value is -1.08. The Morgan fingerprint density at radius 3 is 2.43 bits per heavy atom. The summed E-state index contributed by atoms with van der Waals surface area (Å²) in [5, 5.41) is 3.19. The predicted molar refractivity (Wildman–Crippen MR) is 75.5 cm³/mol. The standard InChI is InChI=1S/C13H17F3N4.ClH/c14-13(15,16)10-6-18-12(11(20-10)7-4-5-7)19-9-3-1-2-8(9)17;/h6-9H,1-5,17H2,(H,18,19);1H. The van der Waals surface area contributed by atoms with Crippen LogP contribution < -0.4 is 11.1 Å². The molecule has 2 fully saturated rings. The fourth-order valence-corrected chi connectivity index (χ4v) is 2.64. The fraction of sp³-hybridized carbons (Fsp3) is 0.692. The van der Waals surface area contributed by atoms with E-state index in [0.29, 0.717) is 11.5 Å². The zero-order valence-corrected chi connectivity index (χ0v) is 12.2. The molecule has 8 heteroatoms. The van der Waals surface area contributed by atoms with Crippen molar-refractivity contribution in [3.63, 3.8) is 0 Å². The Kier molecular flexibility index (Phi) is 4.63. The molecular weight excluding hydrogens is 305 g/mol. The second-order valence-corrected chi connectivity index (χ2v) is 5.61. The minimum atomic E-state index is -4.45. The van der Waals surface area contributed by atoms with Gasteiger partial charge in [-0.05, 0) is 32.1 Å². The zero-order valence-electron chi connectivity index (χ0n) is 11.4. The average molecular weight is 323 g/mol. The highest BCUT2D eigenvalue weighted by molar-refractivity contribution is 5.85. The van der Waals surface area contributed by atoms with Gasteiger partial charge in [0.1, 0.15) is 5.82 Å². The van der Waals surface area contributed by atoms with Crippen LogP contribution in [-0.2, 0) is 6.18 Å². The molecule has 2 unspecified atom stereocenters. The number of alkyl halides is 3. The smallest absolute Gasteiger partial charge is 0.364 e. The van der Waals surface area contributed by atoms with Crippen molar-refractivity contribution in [3.8, 4) is 0 Å². The van der Waals surface area contributed by atoms with E-state index in [1.54, 1.807) is 0 Å². The molecule has 3 N–H and O–H groups in total. The third-order valence-electron chi connectivity index (χ3n) is 3.95. The highest BCUT2D eigenvalue weighted by Crippen LogP contribution is 2.43. The van der Waals surface area contributed by atoms with Crippen LogP contribution in [0.2, 0.25) is 0 Å². The minimum Gasteiger partial charge on any atom is -0.364 e. The SMILES string of the molecule is Cl.NC1CCCC1Nc1ncc(C(F)(F)F)nc1C1CC1. The van der Waals surface area contributed by atoms with E-state index in [1.807, 2.05) is 0 Å². The van der Waals surface area contributed by atoms with E-state index in [1.165, 1.54) is 0 Å². The van der Waals surface area contributed by atoms with Gasteiger partial charge in [-0.3, -0.25) is 0 Å². The lowest BCUT2D eigenvalue weighted by Gasteiger charge is -2.20. The van der Waals surface area contributed by atoms with E-state index in [9.17, 15) is 13.2 Å². The molecule has 0 saturated heterocycles. The van der Waals surface area contributed by atoms with Gasteiger partial charge in [0.05, 0.1) is 11.9 Å². The maximum absolute atomic E-state index is 12.7. The normalized spacial score (nSPS) is 25.5. The molecule has 1 heterocycles. The van der Waals surface area contributed by atoms with Gasteiger partial charge in [0.2, 0.25) is 0 Å². The van der Waals surface area contributed by atoms with Gasteiger partial charge in [-0.2, -0.15) is 13.2 Å². The van der Waals surface area contributed by atoms with Crippen molar-refractivity contribution < 1.29 is 13.2 Å². The summed E-state index contributed by atoms with van der Waals surface area (Å²) >= 11 is 0. The molecule has 118 valence electrons. The summed E-state index contributed by atoms with van der Waals surface area (Å²) in [6.07, 6.45) is 1.00. The number of hydrogen-bond donors (Lipinski definition) is 2. The van der Waals surface area contributed by atoms with E-state index in [2.05, 4.69) is 15.3 Å². The third kappa shape index (κ3) is 3.58. The van der Waals surface area contributed by atoms with Crippen LogP contribution in [0.4, 0.5) is 19.0 Å². The molecule has 0 amide bonds. The average Bonchev–Trinajstić information content (AvgIpc) is 3.14. The molecule has 0 bridgehead atoms. The molecule has 1 aromatic heterocycles. The van der Waals surface area contributed by atoms with Crippen molar-refractivity contribution in [2.24, 2.45) is 5.73 Å². The van der Waals surface area contributed by atoms with Crippen molar-refractivity contribution in [1.82, 2.24) is 9.97 Å². The van der Waals surface area contributed by atoms with E-state index in [0.717, 1.165) is 38.3 Å². The summed E-state index contributed by atoms with van der Waals surface area (Å²) in [5.41, 5.74) is 5.50. The largest absolute Gasteiger partial charge is 0.434 e. The quantitative estimate of drug-likeness (QED) is 0.897. The summed E-state index contributed by atoms with van der Waals surface area (Å²) in [7, 11) is 0. The Morgan fingerprint density at radius 2 is 1.90 bits per heavy atom. The van der Waals surface area contributed by atoms with Crippen molar-refractivity contribution in [2.45, 2.75) is 56.3 Å². The molecule has 3 rings (SSSR count). The molecule has 0 spiro atoms. The molecule has 4 nitrogen and oxygen atoms in total. The van der Waals surface area contributed by atoms with Gasteiger partial charge in [-0.15, -0.1) is 12.4 Å². The highest BCUT2D eigenvalue weighted by atomic mass is 35.5. The van der Waals surface area contributed by atoms with Crippen LogP contribution in [-0.4, -0.2) is 22.1 Å². The third-order valence-corrected chi connectivity index (χ3v) is 3.95. The summed E-state index contributed by atoms with van der Waals surface area (Å²) < 4.78 is 38.1. The molecule has 1 aromatic rings. The number of rotatable bonds is 3. The first-order valence-electron chi connectivity index (χ1n) is 6.91. The maximum Gasteiger partial charge on any atom is 0.434 e. The molecule has 2 aliphatic rings. The van der Waals surface area contributed by atoms with Crippen molar-refractivity contribution in [3.05, 3.63) is 17.6 Å². The van der Waals surface area contributed by atoms with E-state index in [4.69, 9.17) is 5.73 Å².